The highest BCUT2D eigenvalue weighted by atomic mass is 16.3. The summed E-state index contributed by atoms with van der Waals surface area (Å²) in [4.78, 5) is 75.2. The molecule has 0 aliphatic rings. The van der Waals surface area contributed by atoms with Crippen LogP contribution in [0.25, 0.3) is 0 Å². The Morgan fingerprint density at radius 2 is 0.537 bits per heavy atom. The summed E-state index contributed by atoms with van der Waals surface area (Å²) in [5.41, 5.74) is 8.95. The quantitative estimate of drug-likeness (QED) is 0.0651. The summed E-state index contributed by atoms with van der Waals surface area (Å²) < 4.78 is 0. The number of amides is 6. The maximum atomic E-state index is 12.8. The van der Waals surface area contributed by atoms with Gasteiger partial charge in [-0.3, -0.25) is 28.8 Å². The van der Waals surface area contributed by atoms with E-state index in [1.165, 1.54) is 0 Å². The maximum absolute atomic E-state index is 12.8. The van der Waals surface area contributed by atoms with Gasteiger partial charge >= 0.3 is 0 Å². The Hall–Kier alpha value is -6.80. The number of rotatable bonds is 18. The van der Waals surface area contributed by atoms with Gasteiger partial charge in [0.1, 0.15) is 34.5 Å². The lowest BCUT2D eigenvalue weighted by Crippen LogP contribution is -2.31. The standard InChI is InChI=1S/C34H42N8O12/c35-3-9-41-33(53)21-12-19(25(45)15-27(21)47)31(51)39-7-1-5-37-29(49)17-11-18(24(44)14-23(17)43)30(50)38-6-2-8-40-32(52)20-13-22(28(48)16-26(20)46)34(54)42-10-4-36/h11-16,43-48H,1-10,35-36H2,(H,37,49)(H,38,50)(H,39,51)(H,40,52)(H,41,53)(H,42,54). The lowest BCUT2D eigenvalue weighted by Gasteiger charge is -2.13. The number of hydrogen-bond donors (Lipinski definition) is 14. The Balaban J connectivity index is 1.48. The van der Waals surface area contributed by atoms with Crippen molar-refractivity contribution in [3.8, 4) is 34.5 Å². The van der Waals surface area contributed by atoms with Gasteiger partial charge in [-0.1, -0.05) is 0 Å². The molecule has 3 aromatic rings. The first-order valence-electron chi connectivity index (χ1n) is 16.5. The zero-order chi connectivity index (χ0) is 39.9. The summed E-state index contributed by atoms with van der Waals surface area (Å²) in [6, 6.07) is 5.53. The summed E-state index contributed by atoms with van der Waals surface area (Å²) in [5.74, 6) is -8.03. The van der Waals surface area contributed by atoms with Crippen molar-refractivity contribution in [1.82, 2.24) is 31.9 Å². The molecule has 0 fully saturated rings. The van der Waals surface area contributed by atoms with Gasteiger partial charge in [0.2, 0.25) is 0 Å². The first kappa shape index (κ1) is 41.6. The Kier molecular flexibility index (Phi) is 15.2. The fraction of sp³-hybridized carbons (Fsp3) is 0.294. The maximum Gasteiger partial charge on any atom is 0.255 e. The number of hydrogen-bond acceptors (Lipinski definition) is 14. The van der Waals surface area contributed by atoms with E-state index in [9.17, 15) is 59.4 Å². The van der Waals surface area contributed by atoms with Gasteiger partial charge in [0, 0.05) is 70.6 Å². The molecule has 16 N–H and O–H groups in total. The molecule has 6 amide bonds. The first-order chi connectivity index (χ1) is 25.7. The summed E-state index contributed by atoms with van der Waals surface area (Å²) in [7, 11) is 0. The van der Waals surface area contributed by atoms with Crippen molar-refractivity contribution in [2.24, 2.45) is 11.5 Å². The van der Waals surface area contributed by atoms with Crippen molar-refractivity contribution in [2.75, 3.05) is 52.4 Å². The highest BCUT2D eigenvalue weighted by Gasteiger charge is 2.22. The van der Waals surface area contributed by atoms with Gasteiger partial charge in [-0.25, -0.2) is 0 Å². The number of carbonyl (C=O) groups excluding carboxylic acids is 6. The van der Waals surface area contributed by atoms with Crippen LogP contribution in [0.5, 0.6) is 34.5 Å². The van der Waals surface area contributed by atoms with Crippen LogP contribution >= 0.6 is 0 Å². The third-order valence-corrected chi connectivity index (χ3v) is 7.52. The van der Waals surface area contributed by atoms with E-state index in [2.05, 4.69) is 31.9 Å². The lowest BCUT2D eigenvalue weighted by molar-refractivity contribution is 0.0931. The molecule has 20 nitrogen and oxygen atoms in total. The zero-order valence-corrected chi connectivity index (χ0v) is 28.8. The molecular weight excluding hydrogens is 712 g/mol. The molecule has 0 saturated carbocycles. The Morgan fingerprint density at radius 3 is 0.722 bits per heavy atom. The molecule has 0 bridgehead atoms. The number of nitrogens with one attached hydrogen (secondary N) is 6. The summed E-state index contributed by atoms with van der Waals surface area (Å²) in [6.45, 7) is 0.463. The summed E-state index contributed by atoms with van der Waals surface area (Å²) in [5, 5.41) is 75.6. The monoisotopic (exact) mass is 754 g/mol. The fourth-order valence-corrected chi connectivity index (χ4v) is 4.75. The highest BCUT2D eigenvalue weighted by molar-refractivity contribution is 6.05. The van der Waals surface area contributed by atoms with Crippen LogP contribution in [0.15, 0.2) is 36.4 Å². The topological polar surface area (TPSA) is 348 Å². The minimum absolute atomic E-state index is 0.00661. The van der Waals surface area contributed by atoms with E-state index in [1.807, 2.05) is 0 Å². The van der Waals surface area contributed by atoms with E-state index in [1.54, 1.807) is 0 Å². The predicted octanol–water partition coefficient (Wildman–Crippen LogP) is -1.60. The van der Waals surface area contributed by atoms with Crippen LogP contribution < -0.4 is 43.4 Å². The van der Waals surface area contributed by atoms with E-state index in [-0.39, 0.29) is 98.6 Å². The second kappa shape index (κ2) is 19.7. The van der Waals surface area contributed by atoms with Crippen molar-refractivity contribution < 1.29 is 59.4 Å². The van der Waals surface area contributed by atoms with Gasteiger partial charge in [-0.15, -0.1) is 0 Å². The number of nitrogens with two attached hydrogens (primary N) is 2. The van der Waals surface area contributed by atoms with Crippen molar-refractivity contribution in [3.63, 3.8) is 0 Å². The van der Waals surface area contributed by atoms with E-state index < -0.39 is 69.9 Å². The number of benzene rings is 3. The van der Waals surface area contributed by atoms with Crippen LogP contribution in [-0.4, -0.2) is 118 Å². The minimum atomic E-state index is -0.808. The molecule has 0 aliphatic heterocycles. The SMILES string of the molecule is NCCNC(=O)c1cc(C(=O)NCCCNC(=O)c2cc(C(=O)NCCCNC(=O)c3cc(C(=O)NCCN)c(O)cc3O)c(O)cc2O)c(O)cc1O. The van der Waals surface area contributed by atoms with E-state index in [0.29, 0.717) is 0 Å². The molecule has 0 radical (unpaired) electrons. The van der Waals surface area contributed by atoms with Crippen LogP contribution in [0.3, 0.4) is 0 Å². The molecule has 0 aliphatic carbocycles. The lowest BCUT2D eigenvalue weighted by atomic mass is 10.1. The molecule has 290 valence electrons. The molecule has 3 aromatic carbocycles. The molecule has 0 heterocycles. The zero-order valence-electron chi connectivity index (χ0n) is 28.8. The van der Waals surface area contributed by atoms with Crippen molar-refractivity contribution in [3.05, 3.63) is 69.8 Å². The third kappa shape index (κ3) is 11.1. The van der Waals surface area contributed by atoms with E-state index in [0.717, 1.165) is 36.4 Å². The molecule has 0 atom stereocenters. The predicted molar refractivity (Wildman–Crippen MR) is 191 cm³/mol. The molecule has 0 spiro atoms. The molecule has 0 aromatic heterocycles. The minimum Gasteiger partial charge on any atom is -0.507 e. The third-order valence-electron chi connectivity index (χ3n) is 7.52. The van der Waals surface area contributed by atoms with Crippen LogP contribution in [0, 0.1) is 0 Å². The van der Waals surface area contributed by atoms with Crippen LogP contribution in [0.4, 0.5) is 0 Å². The Labute approximate surface area is 307 Å². The van der Waals surface area contributed by atoms with Gasteiger partial charge < -0.3 is 74.0 Å². The van der Waals surface area contributed by atoms with E-state index >= 15 is 0 Å². The molecular formula is C34H42N8O12. The first-order valence-corrected chi connectivity index (χ1v) is 16.5. The summed E-state index contributed by atoms with van der Waals surface area (Å²) >= 11 is 0. The van der Waals surface area contributed by atoms with Crippen LogP contribution in [0.1, 0.15) is 75.0 Å². The van der Waals surface area contributed by atoms with Gasteiger partial charge in [0.25, 0.3) is 35.4 Å². The van der Waals surface area contributed by atoms with Crippen molar-refractivity contribution >= 4 is 35.4 Å². The number of phenols is 6. The molecule has 0 unspecified atom stereocenters. The van der Waals surface area contributed by atoms with Crippen molar-refractivity contribution in [2.45, 2.75) is 12.8 Å². The number of carbonyl (C=O) groups is 6. The Bertz CT molecular complexity index is 1770. The van der Waals surface area contributed by atoms with E-state index in [4.69, 9.17) is 11.5 Å². The van der Waals surface area contributed by atoms with Gasteiger partial charge in [-0.2, -0.15) is 0 Å². The smallest absolute Gasteiger partial charge is 0.255 e. The Morgan fingerprint density at radius 1 is 0.352 bits per heavy atom. The van der Waals surface area contributed by atoms with Gasteiger partial charge in [0.05, 0.1) is 33.4 Å². The molecule has 0 saturated heterocycles. The molecule has 20 heteroatoms. The highest BCUT2D eigenvalue weighted by Crippen LogP contribution is 2.29. The average Bonchev–Trinajstić information content (AvgIpc) is 3.12. The largest absolute Gasteiger partial charge is 0.507 e. The van der Waals surface area contributed by atoms with Gasteiger partial charge in [0.15, 0.2) is 0 Å². The van der Waals surface area contributed by atoms with Crippen molar-refractivity contribution in [1.29, 1.82) is 0 Å². The second-order valence-corrected chi connectivity index (χ2v) is 11.5. The van der Waals surface area contributed by atoms with Gasteiger partial charge in [-0.05, 0) is 31.0 Å². The normalized spacial score (nSPS) is 10.6. The van der Waals surface area contributed by atoms with Crippen LogP contribution in [0.2, 0.25) is 0 Å². The fourth-order valence-electron chi connectivity index (χ4n) is 4.75. The number of aromatic hydroxyl groups is 6. The average molecular weight is 755 g/mol. The summed E-state index contributed by atoms with van der Waals surface area (Å²) in [6.07, 6.45) is 0.334. The second-order valence-electron chi connectivity index (χ2n) is 11.5. The van der Waals surface area contributed by atoms with Crippen LogP contribution in [-0.2, 0) is 0 Å². The molecule has 54 heavy (non-hydrogen) atoms. The number of phenolic OH excluding ortho intramolecular Hbond substituents is 6. The molecule has 3 rings (SSSR count).